The maximum Gasteiger partial charge on any atom is 0.437 e. The fraction of sp³-hybridized carbons (Fsp3) is 0.207. The van der Waals surface area contributed by atoms with E-state index >= 15 is 0 Å². The quantitative estimate of drug-likeness (QED) is 0.222. The molecule has 0 fully saturated rings. The third-order valence-electron chi connectivity index (χ3n) is 5.95. The molecule has 43 heavy (non-hydrogen) atoms. The van der Waals surface area contributed by atoms with E-state index in [0.29, 0.717) is 17.6 Å². The molecule has 0 atom stereocenters. The molecule has 0 saturated heterocycles. The summed E-state index contributed by atoms with van der Waals surface area (Å²) in [5.74, 6) is -0.743. The first-order valence-corrected chi connectivity index (χ1v) is 12.9. The number of halogens is 4. The topological polar surface area (TPSA) is 121 Å². The van der Waals surface area contributed by atoms with E-state index in [2.05, 4.69) is 16.7 Å². The highest BCUT2D eigenvalue weighted by Crippen LogP contribution is 2.35. The molecule has 0 saturated carbocycles. The molecular formula is C29H23ClF3N5O5. The van der Waals surface area contributed by atoms with Gasteiger partial charge in [0.25, 0.3) is 11.1 Å². The molecule has 222 valence electrons. The zero-order valence-corrected chi connectivity index (χ0v) is 23.6. The Kier molecular flexibility index (Phi) is 9.21. The van der Waals surface area contributed by atoms with Crippen molar-refractivity contribution in [2.24, 2.45) is 0 Å². The van der Waals surface area contributed by atoms with Crippen LogP contribution in [0.5, 0.6) is 17.2 Å². The van der Waals surface area contributed by atoms with Gasteiger partial charge in [-0.15, -0.1) is 0 Å². The van der Waals surface area contributed by atoms with E-state index in [1.165, 1.54) is 19.2 Å². The van der Waals surface area contributed by atoms with Crippen molar-refractivity contribution in [1.82, 2.24) is 19.3 Å². The Morgan fingerprint density at radius 2 is 1.79 bits per heavy atom. The Bertz CT molecular complexity index is 1830. The number of hydrogen-bond acceptors (Lipinski definition) is 8. The molecule has 10 nitrogen and oxygen atoms in total. The number of methoxy groups -OCH3 is 1. The van der Waals surface area contributed by atoms with E-state index in [4.69, 9.17) is 25.8 Å². The number of benzene rings is 2. The van der Waals surface area contributed by atoms with E-state index in [1.807, 2.05) is 6.07 Å². The van der Waals surface area contributed by atoms with Gasteiger partial charge in [0.2, 0.25) is 5.75 Å². The summed E-state index contributed by atoms with van der Waals surface area (Å²) in [6, 6.07) is 13.6. The molecule has 2 heterocycles. The predicted octanol–water partition coefficient (Wildman–Crippen LogP) is 5.25. The maximum absolute atomic E-state index is 13.8. The van der Waals surface area contributed by atoms with Gasteiger partial charge in [0.05, 0.1) is 56.0 Å². The Hall–Kier alpha value is -5.09. The first kappa shape index (κ1) is 30.9. The Morgan fingerprint density at radius 1 is 1.07 bits per heavy atom. The van der Waals surface area contributed by atoms with Gasteiger partial charge in [-0.05, 0) is 48.9 Å². The van der Waals surface area contributed by atoms with Gasteiger partial charge >= 0.3 is 6.18 Å². The lowest BCUT2D eigenvalue weighted by atomic mass is 10.2. The van der Waals surface area contributed by atoms with Crippen LogP contribution < -0.4 is 20.6 Å². The molecule has 0 bridgehead atoms. The number of aromatic nitrogens is 4. The second-order valence-electron chi connectivity index (χ2n) is 8.96. The van der Waals surface area contributed by atoms with Crippen molar-refractivity contribution >= 4 is 17.4 Å². The summed E-state index contributed by atoms with van der Waals surface area (Å²) in [6.45, 7) is 5.34. The van der Waals surface area contributed by atoms with Crippen LogP contribution in [0.3, 0.4) is 0 Å². The minimum absolute atomic E-state index is 0.00523. The zero-order chi connectivity index (χ0) is 31.3. The van der Waals surface area contributed by atoms with Crippen molar-refractivity contribution in [2.75, 3.05) is 13.7 Å². The highest BCUT2D eigenvalue weighted by atomic mass is 35.5. The van der Waals surface area contributed by atoms with Crippen molar-refractivity contribution in [3.63, 3.8) is 0 Å². The van der Waals surface area contributed by atoms with Crippen LogP contribution in [0.4, 0.5) is 13.2 Å². The third kappa shape index (κ3) is 7.22. The molecule has 0 spiro atoms. The van der Waals surface area contributed by atoms with E-state index in [-0.39, 0.29) is 46.5 Å². The summed E-state index contributed by atoms with van der Waals surface area (Å²) >= 11 is 5.95. The van der Waals surface area contributed by atoms with Crippen LogP contribution >= 0.6 is 11.6 Å². The summed E-state index contributed by atoms with van der Waals surface area (Å²) in [5.41, 5.74) is -2.43. The molecule has 0 aliphatic carbocycles. The summed E-state index contributed by atoms with van der Waals surface area (Å²) < 4.78 is 59.4. The van der Waals surface area contributed by atoms with Crippen LogP contribution in [-0.4, -0.2) is 33.0 Å². The van der Waals surface area contributed by atoms with Gasteiger partial charge in [-0.1, -0.05) is 30.3 Å². The van der Waals surface area contributed by atoms with Crippen LogP contribution in [0.1, 0.15) is 35.0 Å². The van der Waals surface area contributed by atoms with E-state index in [0.717, 1.165) is 21.4 Å². The number of ether oxygens (including phenoxy) is 3. The van der Waals surface area contributed by atoms with Gasteiger partial charge in [-0.2, -0.15) is 23.5 Å². The van der Waals surface area contributed by atoms with Gasteiger partial charge in [-0.3, -0.25) is 14.2 Å². The minimum Gasteiger partial charge on any atom is -0.497 e. The molecule has 14 heteroatoms. The number of nitrogens with zero attached hydrogens (tertiary/aromatic N) is 5. The normalized spacial score (nSPS) is 11.1. The highest BCUT2D eigenvalue weighted by molar-refractivity contribution is 6.30. The van der Waals surface area contributed by atoms with E-state index in [9.17, 15) is 28.0 Å². The average molecular weight is 614 g/mol. The third-order valence-corrected chi connectivity index (χ3v) is 6.17. The van der Waals surface area contributed by atoms with Crippen molar-refractivity contribution in [2.45, 2.75) is 26.2 Å². The van der Waals surface area contributed by atoms with Crippen molar-refractivity contribution in [3.05, 3.63) is 115 Å². The number of alkyl halides is 3. The Labute approximate surface area is 247 Å². The highest BCUT2D eigenvalue weighted by Gasteiger charge is 2.39. The summed E-state index contributed by atoms with van der Waals surface area (Å²) in [7, 11) is 1.52. The Balaban J connectivity index is 1.79. The number of hydrogen-bond donors (Lipinski definition) is 0. The molecule has 4 aromatic rings. The molecule has 0 radical (unpaired) electrons. The van der Waals surface area contributed by atoms with Gasteiger partial charge in [0.15, 0.2) is 5.69 Å². The van der Waals surface area contributed by atoms with Crippen molar-refractivity contribution < 1.29 is 27.4 Å². The van der Waals surface area contributed by atoms with Crippen molar-refractivity contribution in [1.29, 1.82) is 5.26 Å². The fourth-order valence-electron chi connectivity index (χ4n) is 3.99. The van der Waals surface area contributed by atoms with E-state index < -0.39 is 35.3 Å². The summed E-state index contributed by atoms with van der Waals surface area (Å²) in [6.07, 6.45) is -4.34. The van der Waals surface area contributed by atoms with Gasteiger partial charge < -0.3 is 14.2 Å². The molecule has 0 amide bonds. The lowest BCUT2D eigenvalue weighted by Crippen LogP contribution is -2.30. The van der Waals surface area contributed by atoms with E-state index in [1.54, 1.807) is 31.2 Å². The number of nitriles is 1. The average Bonchev–Trinajstić information content (AvgIpc) is 2.96. The molecule has 2 aromatic carbocycles. The standard InChI is InChI=1S/C29H23ClF3N5O5/c1-4-42-17(2)24-12-21(36-38(27(24)39)14-18-5-7-22(41-3)8-6-18)15-37-16-35-26(29(31,32)33)25(28(37)40)43-23-10-19(13-34)9-20(30)11-23/h5-12,16H,2,4,14-15H2,1,3H3. The Morgan fingerprint density at radius 3 is 2.42 bits per heavy atom. The monoisotopic (exact) mass is 613 g/mol. The molecule has 0 aliphatic heterocycles. The van der Waals surface area contributed by atoms with Crippen molar-refractivity contribution in [3.8, 4) is 23.3 Å². The molecular weight excluding hydrogens is 591 g/mol. The molecule has 0 aliphatic rings. The van der Waals surface area contributed by atoms with Gasteiger partial charge in [0.1, 0.15) is 17.3 Å². The molecule has 4 rings (SSSR count). The summed E-state index contributed by atoms with van der Waals surface area (Å²) in [4.78, 5) is 30.1. The second-order valence-corrected chi connectivity index (χ2v) is 9.40. The van der Waals surface area contributed by atoms with Crippen LogP contribution in [0.2, 0.25) is 5.02 Å². The lowest BCUT2D eigenvalue weighted by molar-refractivity contribution is -0.142. The van der Waals surface area contributed by atoms with Crippen LogP contribution in [0.15, 0.2) is 71.0 Å². The zero-order valence-electron chi connectivity index (χ0n) is 22.8. The number of rotatable bonds is 10. The molecule has 2 aromatic heterocycles. The van der Waals surface area contributed by atoms with Crippen LogP contribution in [0.25, 0.3) is 5.76 Å². The maximum atomic E-state index is 13.8. The second kappa shape index (κ2) is 12.8. The lowest BCUT2D eigenvalue weighted by Gasteiger charge is -2.16. The first-order valence-electron chi connectivity index (χ1n) is 12.5. The van der Waals surface area contributed by atoms with Crippen LogP contribution in [-0.2, 0) is 24.0 Å². The van der Waals surface area contributed by atoms with Gasteiger partial charge in [0, 0.05) is 5.02 Å². The SMILES string of the molecule is C=C(OCC)c1cc(Cn2cnc(C(F)(F)F)c(Oc3cc(Cl)cc(C#N)c3)c2=O)nn(Cc2ccc(OC)cc2)c1=O. The predicted molar refractivity (Wildman–Crippen MR) is 150 cm³/mol. The smallest absolute Gasteiger partial charge is 0.437 e. The fourth-order valence-corrected chi connectivity index (χ4v) is 4.22. The minimum atomic E-state index is -5.05. The van der Waals surface area contributed by atoms with Crippen LogP contribution in [0, 0.1) is 11.3 Å². The summed E-state index contributed by atoms with van der Waals surface area (Å²) in [5, 5.41) is 13.5. The largest absolute Gasteiger partial charge is 0.497 e. The van der Waals surface area contributed by atoms with Gasteiger partial charge in [-0.25, -0.2) is 9.67 Å². The molecule has 0 unspecified atom stereocenters. The molecule has 0 N–H and O–H groups in total. The first-order chi connectivity index (χ1) is 20.4.